The molecule has 4 nitrogen and oxygen atoms in total. The van der Waals surface area contributed by atoms with Gasteiger partial charge in [-0.1, -0.05) is 32.6 Å². The van der Waals surface area contributed by atoms with Crippen molar-refractivity contribution in [3.63, 3.8) is 0 Å². The van der Waals surface area contributed by atoms with Crippen molar-refractivity contribution >= 4 is 11.9 Å². The van der Waals surface area contributed by atoms with E-state index in [1.54, 1.807) is 18.9 Å². The van der Waals surface area contributed by atoms with E-state index in [4.69, 9.17) is 5.11 Å². The van der Waals surface area contributed by atoms with Crippen molar-refractivity contribution in [3.05, 3.63) is 0 Å². The zero-order valence-corrected chi connectivity index (χ0v) is 12.7. The van der Waals surface area contributed by atoms with Gasteiger partial charge in [0.25, 0.3) is 0 Å². The number of amides is 1. The molecule has 1 N–H and O–H groups in total. The fourth-order valence-corrected chi connectivity index (χ4v) is 3.99. The summed E-state index contributed by atoms with van der Waals surface area (Å²) in [5.74, 6) is 0.533. The minimum Gasteiger partial charge on any atom is -0.481 e. The number of hydrogen-bond donors (Lipinski definition) is 1. The van der Waals surface area contributed by atoms with E-state index in [1.165, 1.54) is 32.1 Å². The van der Waals surface area contributed by atoms with E-state index in [0.29, 0.717) is 6.54 Å². The third-order valence-electron chi connectivity index (χ3n) is 5.23. The van der Waals surface area contributed by atoms with E-state index in [9.17, 15) is 9.59 Å². The first-order valence-corrected chi connectivity index (χ1v) is 7.96. The summed E-state index contributed by atoms with van der Waals surface area (Å²) in [5, 5.41) is 8.94. The van der Waals surface area contributed by atoms with Crippen LogP contribution in [0.3, 0.4) is 0 Å². The number of carboxylic acids is 1. The maximum atomic E-state index is 12.5. The van der Waals surface area contributed by atoms with Crippen molar-refractivity contribution in [2.45, 2.75) is 51.9 Å². The van der Waals surface area contributed by atoms with Crippen molar-refractivity contribution in [1.29, 1.82) is 0 Å². The maximum Gasteiger partial charge on any atom is 0.308 e. The van der Waals surface area contributed by atoms with Gasteiger partial charge in [0, 0.05) is 19.5 Å². The van der Waals surface area contributed by atoms with Crippen molar-refractivity contribution < 1.29 is 14.7 Å². The molecule has 0 bridgehead atoms. The van der Waals surface area contributed by atoms with E-state index in [2.05, 4.69) is 0 Å². The summed E-state index contributed by atoms with van der Waals surface area (Å²) in [7, 11) is 1.74. The highest BCUT2D eigenvalue weighted by atomic mass is 16.4. The molecule has 0 aromatic heterocycles. The van der Waals surface area contributed by atoms with Crippen molar-refractivity contribution in [2.24, 2.45) is 23.7 Å². The minimum atomic E-state index is -0.833. The number of hydrogen-bond acceptors (Lipinski definition) is 2. The van der Waals surface area contributed by atoms with Crippen molar-refractivity contribution in [1.82, 2.24) is 4.90 Å². The number of rotatable bonds is 4. The average Bonchev–Trinajstić information content (AvgIpc) is 2.45. The summed E-state index contributed by atoms with van der Waals surface area (Å²) < 4.78 is 0. The van der Waals surface area contributed by atoms with Crippen LogP contribution in [-0.4, -0.2) is 35.5 Å². The lowest BCUT2D eigenvalue weighted by Crippen LogP contribution is -2.41. The zero-order chi connectivity index (χ0) is 14.7. The van der Waals surface area contributed by atoms with Crippen LogP contribution in [0.2, 0.25) is 0 Å². The van der Waals surface area contributed by atoms with Crippen LogP contribution in [0.4, 0.5) is 0 Å². The molecule has 1 amide bonds. The Morgan fingerprint density at radius 1 is 1.15 bits per heavy atom. The van der Waals surface area contributed by atoms with Crippen LogP contribution in [-0.2, 0) is 9.59 Å². The Bertz CT molecular complexity index is 369. The normalized spacial score (nSPS) is 31.2. The molecule has 0 aromatic carbocycles. The summed E-state index contributed by atoms with van der Waals surface area (Å²) in [6.07, 6.45) is 8.50. The van der Waals surface area contributed by atoms with Gasteiger partial charge in [0.15, 0.2) is 0 Å². The molecule has 4 heteroatoms. The van der Waals surface area contributed by atoms with Gasteiger partial charge in [-0.2, -0.15) is 0 Å². The van der Waals surface area contributed by atoms with E-state index in [0.717, 1.165) is 24.7 Å². The summed E-state index contributed by atoms with van der Waals surface area (Å²) in [5.41, 5.74) is 0. The predicted octanol–water partition coefficient (Wildman–Crippen LogP) is 2.77. The van der Waals surface area contributed by atoms with Gasteiger partial charge < -0.3 is 10.0 Å². The van der Waals surface area contributed by atoms with E-state index >= 15 is 0 Å². The van der Waals surface area contributed by atoms with Crippen LogP contribution in [0.15, 0.2) is 0 Å². The average molecular weight is 281 g/mol. The van der Waals surface area contributed by atoms with Gasteiger partial charge >= 0.3 is 5.97 Å². The first-order valence-electron chi connectivity index (χ1n) is 7.96. The second-order valence-corrected chi connectivity index (χ2v) is 6.77. The van der Waals surface area contributed by atoms with Crippen LogP contribution in [0.5, 0.6) is 0 Å². The third-order valence-corrected chi connectivity index (χ3v) is 5.23. The molecule has 20 heavy (non-hydrogen) atoms. The molecule has 0 spiro atoms. The molecule has 2 saturated carbocycles. The summed E-state index contributed by atoms with van der Waals surface area (Å²) in [4.78, 5) is 25.0. The maximum absolute atomic E-state index is 12.5. The smallest absolute Gasteiger partial charge is 0.308 e. The fraction of sp³-hybridized carbons (Fsp3) is 0.875. The quantitative estimate of drug-likeness (QED) is 0.862. The van der Waals surface area contributed by atoms with Gasteiger partial charge in [-0.25, -0.2) is 0 Å². The van der Waals surface area contributed by atoms with Gasteiger partial charge in [-0.3, -0.25) is 9.59 Å². The van der Waals surface area contributed by atoms with Crippen LogP contribution in [0.1, 0.15) is 51.9 Å². The summed E-state index contributed by atoms with van der Waals surface area (Å²) in [6.45, 7) is 1.98. The second kappa shape index (κ2) is 6.59. The lowest BCUT2D eigenvalue weighted by atomic mass is 9.67. The molecule has 0 heterocycles. The molecule has 2 fully saturated rings. The number of aliphatic carboxylic acids is 1. The van der Waals surface area contributed by atoms with Gasteiger partial charge in [-0.05, 0) is 31.1 Å². The number of nitrogens with zero attached hydrogens (tertiary/aromatic N) is 1. The number of carbonyl (C=O) groups excluding carboxylic acids is 1. The van der Waals surface area contributed by atoms with Crippen LogP contribution in [0.25, 0.3) is 0 Å². The second-order valence-electron chi connectivity index (χ2n) is 6.77. The molecular weight excluding hydrogens is 254 g/mol. The summed E-state index contributed by atoms with van der Waals surface area (Å²) >= 11 is 0. The van der Waals surface area contributed by atoms with Crippen LogP contribution in [0, 0.1) is 23.7 Å². The molecule has 4 atom stereocenters. The first kappa shape index (κ1) is 15.3. The Morgan fingerprint density at radius 2 is 1.80 bits per heavy atom. The Morgan fingerprint density at radius 3 is 2.45 bits per heavy atom. The lowest BCUT2D eigenvalue weighted by molar-refractivity contribution is -0.144. The molecule has 2 aliphatic rings. The Hall–Kier alpha value is -1.06. The third kappa shape index (κ3) is 3.53. The Kier molecular flexibility index (Phi) is 5.06. The largest absolute Gasteiger partial charge is 0.481 e. The molecule has 0 saturated heterocycles. The molecule has 0 radical (unpaired) electrons. The van der Waals surface area contributed by atoms with E-state index < -0.39 is 11.9 Å². The Balaban J connectivity index is 1.87. The zero-order valence-electron chi connectivity index (χ0n) is 12.7. The molecule has 0 aliphatic heterocycles. The number of fused-ring (bicyclic) bond motifs is 1. The van der Waals surface area contributed by atoms with Crippen molar-refractivity contribution in [2.75, 3.05) is 13.6 Å². The summed E-state index contributed by atoms with van der Waals surface area (Å²) in [6, 6.07) is 0. The minimum absolute atomic E-state index is 0.125. The number of carboxylic acid groups (broad SMARTS) is 1. The van der Waals surface area contributed by atoms with Gasteiger partial charge in [0.2, 0.25) is 5.91 Å². The molecule has 2 rings (SSSR count). The molecule has 4 unspecified atom stereocenters. The predicted molar refractivity (Wildman–Crippen MR) is 77.2 cm³/mol. The molecule has 0 aromatic rings. The van der Waals surface area contributed by atoms with Gasteiger partial charge in [0.1, 0.15) is 0 Å². The molecule has 2 aliphatic carbocycles. The Labute approximate surface area is 121 Å². The monoisotopic (exact) mass is 281 g/mol. The van der Waals surface area contributed by atoms with Crippen LogP contribution >= 0.6 is 0 Å². The SMILES string of the molecule is CC(CN(C)C(=O)C1CCC2CCCCC2C1)C(=O)O. The molecule has 114 valence electrons. The van der Waals surface area contributed by atoms with E-state index in [-0.39, 0.29) is 11.8 Å². The topological polar surface area (TPSA) is 57.6 Å². The highest BCUT2D eigenvalue weighted by Crippen LogP contribution is 2.43. The molecular formula is C16H27NO3. The van der Waals surface area contributed by atoms with Gasteiger partial charge in [0.05, 0.1) is 5.92 Å². The highest BCUT2D eigenvalue weighted by Gasteiger charge is 2.36. The van der Waals surface area contributed by atoms with Gasteiger partial charge in [-0.15, -0.1) is 0 Å². The first-order chi connectivity index (χ1) is 9.49. The highest BCUT2D eigenvalue weighted by molar-refractivity contribution is 5.79. The number of carbonyl (C=O) groups is 2. The lowest BCUT2D eigenvalue weighted by Gasteiger charge is -2.39. The van der Waals surface area contributed by atoms with E-state index in [1.807, 2.05) is 0 Å². The fourth-order valence-electron chi connectivity index (χ4n) is 3.99. The van der Waals surface area contributed by atoms with Crippen LogP contribution < -0.4 is 0 Å². The standard InChI is InChI=1S/C16H27NO3/c1-11(16(19)20)10-17(2)15(18)14-8-7-12-5-3-4-6-13(12)9-14/h11-14H,3-10H2,1-2H3,(H,19,20). The van der Waals surface area contributed by atoms with Crippen molar-refractivity contribution in [3.8, 4) is 0 Å².